The van der Waals surface area contributed by atoms with Gasteiger partial charge in [0, 0.05) is 26.7 Å². The van der Waals surface area contributed by atoms with Crippen LogP contribution in [0.1, 0.15) is 18.4 Å². The average molecular weight is 251 g/mol. The van der Waals surface area contributed by atoms with Crippen molar-refractivity contribution < 1.29 is 14.2 Å². The molecule has 0 aromatic heterocycles. The van der Waals surface area contributed by atoms with Gasteiger partial charge in [-0.2, -0.15) is 0 Å². The highest BCUT2D eigenvalue weighted by molar-refractivity contribution is 5.43. The molecule has 2 rings (SSSR count). The first-order valence-corrected chi connectivity index (χ1v) is 6.48. The van der Waals surface area contributed by atoms with Gasteiger partial charge < -0.3 is 19.5 Å². The van der Waals surface area contributed by atoms with Crippen LogP contribution in [-0.2, 0) is 11.3 Å². The maximum absolute atomic E-state index is 5.66. The van der Waals surface area contributed by atoms with Crippen LogP contribution in [0, 0.1) is 0 Å². The van der Waals surface area contributed by atoms with Crippen LogP contribution in [0.2, 0.25) is 0 Å². The van der Waals surface area contributed by atoms with E-state index in [1.165, 1.54) is 5.56 Å². The molecule has 18 heavy (non-hydrogen) atoms. The molecule has 1 aromatic rings. The SMILES string of the molecule is COCCCNCc1ccc2c(c1)OCCCO2. The highest BCUT2D eigenvalue weighted by Crippen LogP contribution is 2.30. The van der Waals surface area contributed by atoms with Gasteiger partial charge in [0.25, 0.3) is 0 Å². The Bertz CT molecular complexity index is 368. The van der Waals surface area contributed by atoms with Gasteiger partial charge in [-0.25, -0.2) is 0 Å². The summed E-state index contributed by atoms with van der Waals surface area (Å²) in [4.78, 5) is 0. The van der Waals surface area contributed by atoms with E-state index < -0.39 is 0 Å². The first kappa shape index (κ1) is 13.2. The third kappa shape index (κ3) is 3.89. The molecule has 1 aliphatic rings. The molecule has 1 aliphatic heterocycles. The van der Waals surface area contributed by atoms with Crippen molar-refractivity contribution in [2.75, 3.05) is 33.5 Å². The maximum atomic E-state index is 5.66. The van der Waals surface area contributed by atoms with Gasteiger partial charge in [-0.3, -0.25) is 0 Å². The number of nitrogens with one attached hydrogen (secondary N) is 1. The molecule has 0 saturated carbocycles. The van der Waals surface area contributed by atoms with Crippen LogP contribution < -0.4 is 14.8 Å². The molecule has 0 bridgehead atoms. The van der Waals surface area contributed by atoms with Crippen LogP contribution in [-0.4, -0.2) is 33.5 Å². The van der Waals surface area contributed by atoms with E-state index in [2.05, 4.69) is 17.4 Å². The summed E-state index contributed by atoms with van der Waals surface area (Å²) in [5.41, 5.74) is 1.22. The molecule has 4 heteroatoms. The van der Waals surface area contributed by atoms with Crippen molar-refractivity contribution >= 4 is 0 Å². The highest BCUT2D eigenvalue weighted by atomic mass is 16.5. The molecule has 0 aliphatic carbocycles. The molecule has 4 nitrogen and oxygen atoms in total. The van der Waals surface area contributed by atoms with E-state index >= 15 is 0 Å². The molecule has 1 heterocycles. The predicted molar refractivity (Wildman–Crippen MR) is 70.2 cm³/mol. The molecule has 1 N–H and O–H groups in total. The second-order valence-corrected chi connectivity index (χ2v) is 4.35. The Balaban J connectivity index is 1.84. The Kier molecular flexibility index (Phi) is 5.30. The number of fused-ring (bicyclic) bond motifs is 1. The van der Waals surface area contributed by atoms with Crippen molar-refractivity contribution in [1.82, 2.24) is 5.32 Å². The Morgan fingerprint density at radius 1 is 1.22 bits per heavy atom. The van der Waals surface area contributed by atoms with Gasteiger partial charge in [-0.05, 0) is 30.7 Å². The summed E-state index contributed by atoms with van der Waals surface area (Å²) in [7, 11) is 1.73. The topological polar surface area (TPSA) is 39.7 Å². The van der Waals surface area contributed by atoms with Crippen molar-refractivity contribution in [1.29, 1.82) is 0 Å². The minimum absolute atomic E-state index is 0.734. The number of benzene rings is 1. The van der Waals surface area contributed by atoms with Gasteiger partial charge in [-0.1, -0.05) is 6.07 Å². The van der Waals surface area contributed by atoms with Crippen molar-refractivity contribution in [2.45, 2.75) is 19.4 Å². The standard InChI is InChI=1S/C14H21NO3/c1-16-7-2-6-15-11-12-4-5-13-14(10-12)18-9-3-8-17-13/h4-5,10,15H,2-3,6-9,11H2,1H3. The lowest BCUT2D eigenvalue weighted by molar-refractivity contribution is 0.194. The van der Waals surface area contributed by atoms with Crippen molar-refractivity contribution in [3.05, 3.63) is 23.8 Å². The highest BCUT2D eigenvalue weighted by Gasteiger charge is 2.10. The summed E-state index contributed by atoms with van der Waals surface area (Å²) in [6.07, 6.45) is 1.97. The average Bonchev–Trinajstić information content (AvgIpc) is 2.63. The van der Waals surface area contributed by atoms with Crippen LogP contribution in [0.4, 0.5) is 0 Å². The number of hydrogen-bond acceptors (Lipinski definition) is 4. The summed E-state index contributed by atoms with van der Waals surface area (Å²) < 4.78 is 16.3. The molecular weight excluding hydrogens is 230 g/mol. The lowest BCUT2D eigenvalue weighted by Gasteiger charge is -2.10. The zero-order valence-corrected chi connectivity index (χ0v) is 10.9. The Hall–Kier alpha value is -1.26. The molecule has 100 valence electrons. The van der Waals surface area contributed by atoms with Crippen LogP contribution in [0.3, 0.4) is 0 Å². The summed E-state index contributed by atoms with van der Waals surface area (Å²) in [6, 6.07) is 6.13. The summed E-state index contributed by atoms with van der Waals surface area (Å²) in [6.45, 7) is 4.08. The monoisotopic (exact) mass is 251 g/mol. The van der Waals surface area contributed by atoms with E-state index in [1.54, 1.807) is 7.11 Å². The zero-order valence-electron chi connectivity index (χ0n) is 10.9. The number of rotatable bonds is 6. The number of methoxy groups -OCH3 is 1. The lowest BCUT2D eigenvalue weighted by Crippen LogP contribution is -2.16. The largest absolute Gasteiger partial charge is 0.490 e. The fourth-order valence-corrected chi connectivity index (χ4v) is 1.89. The Labute approximate surface area is 108 Å². The van der Waals surface area contributed by atoms with E-state index in [0.717, 1.165) is 57.3 Å². The van der Waals surface area contributed by atoms with E-state index in [9.17, 15) is 0 Å². The molecular formula is C14H21NO3. The van der Waals surface area contributed by atoms with E-state index in [4.69, 9.17) is 14.2 Å². The fraction of sp³-hybridized carbons (Fsp3) is 0.571. The third-order valence-corrected chi connectivity index (χ3v) is 2.84. The second-order valence-electron chi connectivity index (χ2n) is 4.35. The van der Waals surface area contributed by atoms with Crippen LogP contribution in [0.5, 0.6) is 11.5 Å². The Morgan fingerprint density at radius 3 is 2.89 bits per heavy atom. The van der Waals surface area contributed by atoms with Gasteiger partial charge >= 0.3 is 0 Å². The van der Waals surface area contributed by atoms with Crippen molar-refractivity contribution in [3.63, 3.8) is 0 Å². The summed E-state index contributed by atoms with van der Waals surface area (Å²) in [5, 5.41) is 3.38. The summed E-state index contributed by atoms with van der Waals surface area (Å²) in [5.74, 6) is 1.72. The normalized spacial score (nSPS) is 14.3. The van der Waals surface area contributed by atoms with Gasteiger partial charge in [0.05, 0.1) is 13.2 Å². The minimum atomic E-state index is 0.734. The number of hydrogen-bond donors (Lipinski definition) is 1. The molecule has 0 amide bonds. The Morgan fingerprint density at radius 2 is 2.06 bits per heavy atom. The molecule has 0 unspecified atom stereocenters. The molecule has 0 fully saturated rings. The van der Waals surface area contributed by atoms with Crippen LogP contribution in [0.15, 0.2) is 18.2 Å². The predicted octanol–water partition coefficient (Wildman–Crippen LogP) is 1.97. The van der Waals surface area contributed by atoms with E-state index in [-0.39, 0.29) is 0 Å². The van der Waals surface area contributed by atoms with Crippen molar-refractivity contribution in [2.24, 2.45) is 0 Å². The van der Waals surface area contributed by atoms with Gasteiger partial charge in [-0.15, -0.1) is 0 Å². The first-order valence-electron chi connectivity index (χ1n) is 6.48. The summed E-state index contributed by atoms with van der Waals surface area (Å²) >= 11 is 0. The van der Waals surface area contributed by atoms with Gasteiger partial charge in [0.2, 0.25) is 0 Å². The van der Waals surface area contributed by atoms with Crippen molar-refractivity contribution in [3.8, 4) is 11.5 Å². The minimum Gasteiger partial charge on any atom is -0.490 e. The smallest absolute Gasteiger partial charge is 0.161 e. The molecule has 0 atom stereocenters. The quantitative estimate of drug-likeness (QED) is 0.785. The van der Waals surface area contributed by atoms with E-state index in [0.29, 0.717) is 0 Å². The fourth-order valence-electron chi connectivity index (χ4n) is 1.89. The molecule has 0 radical (unpaired) electrons. The first-order chi connectivity index (χ1) is 8.90. The van der Waals surface area contributed by atoms with Gasteiger partial charge in [0.15, 0.2) is 11.5 Å². The van der Waals surface area contributed by atoms with E-state index in [1.807, 2.05) is 6.07 Å². The molecule has 0 spiro atoms. The zero-order chi connectivity index (χ0) is 12.6. The van der Waals surface area contributed by atoms with Crippen LogP contribution in [0.25, 0.3) is 0 Å². The molecule has 0 saturated heterocycles. The number of ether oxygens (including phenoxy) is 3. The van der Waals surface area contributed by atoms with Crippen LogP contribution >= 0.6 is 0 Å². The third-order valence-electron chi connectivity index (χ3n) is 2.84. The second kappa shape index (κ2) is 7.24. The maximum Gasteiger partial charge on any atom is 0.161 e. The van der Waals surface area contributed by atoms with Gasteiger partial charge in [0.1, 0.15) is 0 Å². The molecule has 1 aromatic carbocycles. The lowest BCUT2D eigenvalue weighted by atomic mass is 10.2.